The van der Waals surface area contributed by atoms with Crippen LogP contribution in [0.2, 0.25) is 0 Å². The molecule has 1 amide bonds. The number of benzene rings is 1. The van der Waals surface area contributed by atoms with E-state index in [0.717, 1.165) is 23.0 Å². The quantitative estimate of drug-likeness (QED) is 0.621. The lowest BCUT2D eigenvalue weighted by molar-refractivity contribution is -0.137. The van der Waals surface area contributed by atoms with Crippen LogP contribution in [-0.4, -0.2) is 54.6 Å². The average Bonchev–Trinajstić information content (AvgIpc) is 3.56. The van der Waals surface area contributed by atoms with Crippen LogP contribution in [0.5, 0.6) is 0 Å². The van der Waals surface area contributed by atoms with Crippen LogP contribution in [0.3, 0.4) is 0 Å². The highest BCUT2D eigenvalue weighted by Gasteiger charge is 2.36. The average molecular weight is 470 g/mol. The largest absolute Gasteiger partial charge is 0.472 e. The van der Waals surface area contributed by atoms with Crippen LogP contribution in [0.4, 0.5) is 19.0 Å². The molecule has 34 heavy (non-hydrogen) atoms. The number of rotatable bonds is 4. The first-order valence-electron chi connectivity index (χ1n) is 11.3. The van der Waals surface area contributed by atoms with Crippen molar-refractivity contribution in [3.8, 4) is 11.1 Å². The number of aromatic nitrogens is 1. The van der Waals surface area contributed by atoms with Crippen molar-refractivity contribution in [2.45, 2.75) is 24.6 Å². The molecule has 0 unspecified atom stereocenters. The molecule has 0 saturated carbocycles. The molecule has 0 aliphatic carbocycles. The number of alkyl halides is 3. The van der Waals surface area contributed by atoms with E-state index in [2.05, 4.69) is 15.2 Å². The standard InChI is InChI=1S/C25H25F3N4O2/c26-25(27,28)20-4-1-3-17(13-20)19-14-22(30-15-19)24(33)32-10-8-31(9-11-32)23-21(5-2-7-29-23)18-6-12-34-16-18/h1-7,12-13,16,19,22,30H,8-11,14-15H2/t19-,22-/m1/s1. The third-order valence-electron chi connectivity index (χ3n) is 6.62. The molecule has 2 atom stereocenters. The van der Waals surface area contributed by atoms with Crippen molar-refractivity contribution in [3.05, 3.63) is 72.3 Å². The Bertz CT molecular complexity index is 1140. The van der Waals surface area contributed by atoms with Crippen LogP contribution in [-0.2, 0) is 11.0 Å². The van der Waals surface area contributed by atoms with Crippen LogP contribution in [0.1, 0.15) is 23.5 Å². The van der Waals surface area contributed by atoms with Crippen molar-refractivity contribution >= 4 is 11.7 Å². The zero-order valence-electron chi connectivity index (χ0n) is 18.5. The topological polar surface area (TPSA) is 61.6 Å². The van der Waals surface area contributed by atoms with Crippen LogP contribution >= 0.6 is 0 Å². The Morgan fingerprint density at radius 1 is 1.09 bits per heavy atom. The van der Waals surface area contributed by atoms with Crippen molar-refractivity contribution in [3.63, 3.8) is 0 Å². The van der Waals surface area contributed by atoms with Crippen LogP contribution in [0.25, 0.3) is 11.1 Å². The molecule has 6 nitrogen and oxygen atoms in total. The SMILES string of the molecule is O=C([C@H]1C[C@@H](c2cccc(C(F)(F)F)c2)CN1)N1CCN(c2ncccc2-c2ccoc2)CC1. The normalized spacial score (nSPS) is 21.1. The number of hydrogen-bond donors (Lipinski definition) is 1. The summed E-state index contributed by atoms with van der Waals surface area (Å²) < 4.78 is 44.4. The van der Waals surface area contributed by atoms with E-state index in [0.29, 0.717) is 44.7 Å². The highest BCUT2D eigenvalue weighted by molar-refractivity contribution is 5.83. The van der Waals surface area contributed by atoms with Crippen molar-refractivity contribution in [1.29, 1.82) is 0 Å². The van der Waals surface area contributed by atoms with Gasteiger partial charge in [0.25, 0.3) is 0 Å². The molecule has 2 aliphatic rings. The van der Waals surface area contributed by atoms with Crippen molar-refractivity contribution in [2.75, 3.05) is 37.6 Å². The number of hydrogen-bond acceptors (Lipinski definition) is 5. The zero-order chi connectivity index (χ0) is 23.7. The molecule has 1 N–H and O–H groups in total. The number of amides is 1. The van der Waals surface area contributed by atoms with E-state index in [4.69, 9.17) is 4.42 Å². The van der Waals surface area contributed by atoms with E-state index in [1.54, 1.807) is 24.8 Å². The van der Waals surface area contributed by atoms with Gasteiger partial charge in [-0.25, -0.2) is 4.98 Å². The maximum atomic E-state index is 13.1. The number of pyridine rings is 1. The van der Waals surface area contributed by atoms with E-state index in [1.807, 2.05) is 23.1 Å². The van der Waals surface area contributed by atoms with Gasteiger partial charge in [-0.1, -0.05) is 18.2 Å². The Kier molecular flexibility index (Phi) is 6.03. The maximum absolute atomic E-state index is 13.1. The van der Waals surface area contributed by atoms with Gasteiger partial charge < -0.3 is 19.5 Å². The van der Waals surface area contributed by atoms with Gasteiger partial charge in [0.05, 0.1) is 24.1 Å². The minimum Gasteiger partial charge on any atom is -0.472 e. The summed E-state index contributed by atoms with van der Waals surface area (Å²) in [6.45, 7) is 2.91. The monoisotopic (exact) mass is 470 g/mol. The smallest absolute Gasteiger partial charge is 0.416 e. The number of carbonyl (C=O) groups excluding carboxylic acids is 1. The molecule has 4 heterocycles. The summed E-state index contributed by atoms with van der Waals surface area (Å²) in [6, 6.07) is 10.8. The fourth-order valence-corrected chi connectivity index (χ4v) is 4.80. The van der Waals surface area contributed by atoms with Gasteiger partial charge in [0.1, 0.15) is 5.82 Å². The highest BCUT2D eigenvalue weighted by atomic mass is 19.4. The van der Waals surface area contributed by atoms with Crippen molar-refractivity contribution < 1.29 is 22.4 Å². The number of furan rings is 1. The summed E-state index contributed by atoms with van der Waals surface area (Å²) in [6.07, 6.45) is 1.19. The molecule has 2 fully saturated rings. The zero-order valence-corrected chi connectivity index (χ0v) is 18.5. The molecular weight excluding hydrogens is 445 g/mol. The second-order valence-corrected chi connectivity index (χ2v) is 8.72. The third-order valence-corrected chi connectivity index (χ3v) is 6.62. The Hall–Kier alpha value is -3.33. The number of nitrogens with one attached hydrogen (secondary N) is 1. The van der Waals surface area contributed by atoms with E-state index in [1.165, 1.54) is 12.1 Å². The number of halogens is 3. The van der Waals surface area contributed by atoms with Gasteiger partial charge in [-0.2, -0.15) is 13.2 Å². The molecule has 2 aliphatic heterocycles. The number of carbonyl (C=O) groups is 1. The van der Waals surface area contributed by atoms with Gasteiger partial charge in [0, 0.05) is 50.0 Å². The molecule has 3 aromatic rings. The predicted octanol–water partition coefficient (Wildman–Crippen LogP) is 4.15. The molecular formula is C25H25F3N4O2. The molecule has 0 radical (unpaired) electrons. The maximum Gasteiger partial charge on any atom is 0.416 e. The number of nitrogens with zero attached hydrogens (tertiary/aromatic N) is 3. The summed E-state index contributed by atoms with van der Waals surface area (Å²) >= 11 is 0. The van der Waals surface area contributed by atoms with E-state index < -0.39 is 11.7 Å². The molecule has 178 valence electrons. The predicted molar refractivity (Wildman–Crippen MR) is 121 cm³/mol. The lowest BCUT2D eigenvalue weighted by atomic mass is 9.94. The van der Waals surface area contributed by atoms with Gasteiger partial charge in [-0.3, -0.25) is 4.79 Å². The van der Waals surface area contributed by atoms with Crippen LogP contribution in [0, 0.1) is 0 Å². The Balaban J connectivity index is 1.21. The molecule has 5 rings (SSSR count). The van der Waals surface area contributed by atoms with Gasteiger partial charge in [0.2, 0.25) is 5.91 Å². The summed E-state index contributed by atoms with van der Waals surface area (Å²) in [7, 11) is 0. The number of anilines is 1. The molecule has 0 bridgehead atoms. The number of piperazine rings is 1. The molecule has 2 saturated heterocycles. The minimum atomic E-state index is -4.37. The minimum absolute atomic E-state index is 0.00482. The molecule has 1 aromatic carbocycles. The fraction of sp³-hybridized carbons (Fsp3) is 0.360. The van der Waals surface area contributed by atoms with Gasteiger partial charge >= 0.3 is 6.18 Å². The lowest BCUT2D eigenvalue weighted by Crippen LogP contribution is -2.53. The second-order valence-electron chi connectivity index (χ2n) is 8.72. The first kappa shape index (κ1) is 22.5. The van der Waals surface area contributed by atoms with Crippen molar-refractivity contribution in [2.24, 2.45) is 0 Å². The first-order valence-corrected chi connectivity index (χ1v) is 11.3. The summed E-state index contributed by atoms with van der Waals surface area (Å²) in [4.78, 5) is 21.7. The lowest BCUT2D eigenvalue weighted by Gasteiger charge is -2.37. The van der Waals surface area contributed by atoms with Crippen molar-refractivity contribution in [1.82, 2.24) is 15.2 Å². The van der Waals surface area contributed by atoms with E-state index in [9.17, 15) is 18.0 Å². The molecule has 9 heteroatoms. The van der Waals surface area contributed by atoms with E-state index in [-0.39, 0.29) is 17.9 Å². The third kappa shape index (κ3) is 4.52. The summed E-state index contributed by atoms with van der Waals surface area (Å²) in [5, 5.41) is 3.22. The Labute approximate surface area is 195 Å². The van der Waals surface area contributed by atoms with Crippen LogP contribution < -0.4 is 10.2 Å². The van der Waals surface area contributed by atoms with Crippen LogP contribution in [0.15, 0.2) is 65.6 Å². The van der Waals surface area contributed by atoms with Gasteiger partial charge in [-0.15, -0.1) is 0 Å². The van der Waals surface area contributed by atoms with Gasteiger partial charge in [-0.05, 0) is 42.2 Å². The molecule has 2 aromatic heterocycles. The van der Waals surface area contributed by atoms with Gasteiger partial charge in [0.15, 0.2) is 0 Å². The Morgan fingerprint density at radius 3 is 2.65 bits per heavy atom. The molecule has 0 spiro atoms. The highest BCUT2D eigenvalue weighted by Crippen LogP contribution is 2.34. The van der Waals surface area contributed by atoms with E-state index >= 15 is 0 Å². The Morgan fingerprint density at radius 2 is 1.91 bits per heavy atom. The second kappa shape index (κ2) is 9.13. The first-order chi connectivity index (χ1) is 16.4. The summed E-state index contributed by atoms with van der Waals surface area (Å²) in [5.41, 5.74) is 1.90. The fourth-order valence-electron chi connectivity index (χ4n) is 4.80. The summed E-state index contributed by atoms with van der Waals surface area (Å²) in [5.74, 6) is 0.744.